The number of carbonyl (C=O) groups is 1. The van der Waals surface area contributed by atoms with Crippen LogP contribution in [0.25, 0.3) is 0 Å². The van der Waals surface area contributed by atoms with Crippen molar-refractivity contribution in [2.45, 2.75) is 46.1 Å². The fraction of sp³-hybridized carbons (Fsp3) is 0.571. The molecule has 1 rings (SSSR count). The summed E-state index contributed by atoms with van der Waals surface area (Å²) in [4.78, 5) is 15.9. The van der Waals surface area contributed by atoms with Crippen molar-refractivity contribution in [3.8, 4) is 0 Å². The molecule has 19 heavy (non-hydrogen) atoms. The lowest BCUT2D eigenvalue weighted by molar-refractivity contribution is 0.0527. The monoisotopic (exact) mass is 265 g/mol. The Hall–Kier alpha value is -1.78. The number of ether oxygens (including phenoxy) is 1. The SMILES string of the molecule is CCCCC(C)Nc1cc(C(=O)OCC)c(N)cn1. The van der Waals surface area contributed by atoms with E-state index in [2.05, 4.69) is 24.1 Å². The van der Waals surface area contributed by atoms with Crippen LogP contribution in [0.5, 0.6) is 0 Å². The highest BCUT2D eigenvalue weighted by Crippen LogP contribution is 2.17. The molecule has 1 aromatic heterocycles. The maximum absolute atomic E-state index is 11.7. The third kappa shape index (κ3) is 4.77. The molecule has 0 saturated heterocycles. The Bertz CT molecular complexity index is 421. The molecule has 0 amide bonds. The summed E-state index contributed by atoms with van der Waals surface area (Å²) in [6, 6.07) is 1.96. The molecule has 5 heteroatoms. The minimum absolute atomic E-state index is 0.311. The molecule has 1 heterocycles. The number of nitrogen functional groups attached to an aromatic ring is 1. The van der Waals surface area contributed by atoms with E-state index in [4.69, 9.17) is 10.5 Å². The first-order valence-electron chi connectivity index (χ1n) is 6.77. The molecule has 0 spiro atoms. The van der Waals surface area contributed by atoms with Gasteiger partial charge in [-0.25, -0.2) is 9.78 Å². The molecule has 0 radical (unpaired) electrons. The molecule has 1 aromatic rings. The first-order valence-corrected chi connectivity index (χ1v) is 6.77. The molecule has 1 unspecified atom stereocenters. The largest absolute Gasteiger partial charge is 0.462 e. The molecule has 0 aliphatic heterocycles. The van der Waals surface area contributed by atoms with Crippen LogP contribution in [-0.2, 0) is 4.74 Å². The summed E-state index contributed by atoms with van der Waals surface area (Å²) in [5.74, 6) is 0.243. The van der Waals surface area contributed by atoms with Crippen molar-refractivity contribution in [1.29, 1.82) is 0 Å². The van der Waals surface area contributed by atoms with E-state index < -0.39 is 5.97 Å². The summed E-state index contributed by atoms with van der Waals surface area (Å²) in [6.07, 6.45) is 4.88. The van der Waals surface area contributed by atoms with Crippen molar-refractivity contribution in [3.63, 3.8) is 0 Å². The highest BCUT2D eigenvalue weighted by Gasteiger charge is 2.13. The Balaban J connectivity index is 2.75. The number of rotatable bonds is 7. The normalized spacial score (nSPS) is 11.9. The second-order valence-corrected chi connectivity index (χ2v) is 4.56. The number of hydrogen-bond donors (Lipinski definition) is 2. The molecule has 5 nitrogen and oxygen atoms in total. The van der Waals surface area contributed by atoms with E-state index in [1.807, 2.05) is 0 Å². The van der Waals surface area contributed by atoms with E-state index in [-0.39, 0.29) is 0 Å². The Morgan fingerprint density at radius 1 is 1.53 bits per heavy atom. The number of esters is 1. The average Bonchev–Trinajstić information content (AvgIpc) is 2.39. The Labute approximate surface area is 114 Å². The number of nitrogens with one attached hydrogen (secondary N) is 1. The number of nitrogens with zero attached hydrogens (tertiary/aromatic N) is 1. The van der Waals surface area contributed by atoms with Gasteiger partial charge in [0.25, 0.3) is 0 Å². The van der Waals surface area contributed by atoms with Gasteiger partial charge in [0.1, 0.15) is 5.82 Å². The highest BCUT2D eigenvalue weighted by molar-refractivity contribution is 5.95. The van der Waals surface area contributed by atoms with E-state index in [9.17, 15) is 4.79 Å². The Morgan fingerprint density at radius 3 is 2.89 bits per heavy atom. The number of nitrogens with two attached hydrogens (primary N) is 1. The summed E-state index contributed by atoms with van der Waals surface area (Å²) in [5.41, 5.74) is 6.44. The van der Waals surface area contributed by atoms with Crippen LogP contribution in [-0.4, -0.2) is 23.6 Å². The maximum Gasteiger partial charge on any atom is 0.340 e. The van der Waals surface area contributed by atoms with Crippen molar-refractivity contribution in [2.24, 2.45) is 0 Å². The van der Waals surface area contributed by atoms with Crippen molar-refractivity contribution >= 4 is 17.5 Å². The van der Waals surface area contributed by atoms with Crippen molar-refractivity contribution in [1.82, 2.24) is 4.98 Å². The quantitative estimate of drug-likeness (QED) is 0.741. The van der Waals surface area contributed by atoms with Crippen LogP contribution >= 0.6 is 0 Å². The molecule has 0 bridgehead atoms. The second-order valence-electron chi connectivity index (χ2n) is 4.56. The van der Waals surface area contributed by atoms with Crippen molar-refractivity contribution < 1.29 is 9.53 Å². The first kappa shape index (κ1) is 15.3. The maximum atomic E-state index is 11.7. The van der Waals surface area contributed by atoms with E-state index in [0.717, 1.165) is 19.3 Å². The lowest BCUT2D eigenvalue weighted by Gasteiger charge is -2.15. The van der Waals surface area contributed by atoms with Gasteiger partial charge in [-0.15, -0.1) is 0 Å². The van der Waals surface area contributed by atoms with Crippen LogP contribution in [0.4, 0.5) is 11.5 Å². The number of hydrogen-bond acceptors (Lipinski definition) is 5. The summed E-state index contributed by atoms with van der Waals surface area (Å²) in [5, 5.41) is 3.27. The van der Waals surface area contributed by atoms with Crippen LogP contribution in [0.2, 0.25) is 0 Å². The standard InChI is InChI=1S/C14H23N3O2/c1-4-6-7-10(3)17-13-8-11(12(15)9-16-13)14(18)19-5-2/h8-10H,4-7,15H2,1-3H3,(H,16,17). The zero-order valence-electron chi connectivity index (χ0n) is 11.9. The molecule has 0 fully saturated rings. The van der Waals surface area contributed by atoms with Gasteiger partial charge in [-0.3, -0.25) is 0 Å². The lowest BCUT2D eigenvalue weighted by Crippen LogP contribution is -2.17. The molecular formula is C14H23N3O2. The third-order valence-corrected chi connectivity index (χ3v) is 2.82. The van der Waals surface area contributed by atoms with Gasteiger partial charge in [0.15, 0.2) is 0 Å². The van der Waals surface area contributed by atoms with Gasteiger partial charge in [0, 0.05) is 6.04 Å². The van der Waals surface area contributed by atoms with Gasteiger partial charge >= 0.3 is 5.97 Å². The average molecular weight is 265 g/mol. The zero-order chi connectivity index (χ0) is 14.3. The molecule has 3 N–H and O–H groups in total. The third-order valence-electron chi connectivity index (χ3n) is 2.82. The summed E-state index contributed by atoms with van der Waals surface area (Å²) in [6.45, 7) is 6.35. The Morgan fingerprint density at radius 2 is 2.26 bits per heavy atom. The van der Waals surface area contributed by atoms with Crippen molar-refractivity contribution in [3.05, 3.63) is 17.8 Å². The van der Waals surface area contributed by atoms with Gasteiger partial charge in [0.05, 0.1) is 24.1 Å². The summed E-state index contributed by atoms with van der Waals surface area (Å²) < 4.78 is 4.96. The number of unbranched alkanes of at least 4 members (excludes halogenated alkanes) is 1. The first-order chi connectivity index (χ1) is 9.08. The van der Waals surface area contributed by atoms with E-state index in [1.165, 1.54) is 6.20 Å². The number of pyridine rings is 1. The fourth-order valence-electron chi connectivity index (χ4n) is 1.77. The molecule has 0 aliphatic carbocycles. The van der Waals surface area contributed by atoms with Crippen LogP contribution in [0.1, 0.15) is 50.4 Å². The minimum atomic E-state index is -0.410. The smallest absolute Gasteiger partial charge is 0.340 e. The van der Waals surface area contributed by atoms with Crippen LogP contribution in [0.3, 0.4) is 0 Å². The molecule has 106 valence electrons. The van der Waals surface area contributed by atoms with Crippen LogP contribution in [0, 0.1) is 0 Å². The van der Waals surface area contributed by atoms with Gasteiger partial charge in [0.2, 0.25) is 0 Å². The molecular weight excluding hydrogens is 242 g/mol. The molecule has 0 aromatic carbocycles. The lowest BCUT2D eigenvalue weighted by atomic mass is 10.1. The summed E-state index contributed by atoms with van der Waals surface area (Å²) in [7, 11) is 0. The molecule has 1 atom stereocenters. The van der Waals surface area contributed by atoms with E-state index >= 15 is 0 Å². The Kier molecular flexibility index (Phi) is 6.12. The van der Waals surface area contributed by atoms with Gasteiger partial charge in [-0.2, -0.15) is 0 Å². The number of anilines is 2. The predicted molar refractivity (Wildman–Crippen MR) is 77.2 cm³/mol. The minimum Gasteiger partial charge on any atom is -0.462 e. The zero-order valence-corrected chi connectivity index (χ0v) is 11.9. The van der Waals surface area contributed by atoms with Crippen molar-refractivity contribution in [2.75, 3.05) is 17.7 Å². The second kappa shape index (κ2) is 7.61. The topological polar surface area (TPSA) is 77.2 Å². The number of carbonyl (C=O) groups excluding carboxylic acids is 1. The summed E-state index contributed by atoms with van der Waals surface area (Å²) >= 11 is 0. The highest BCUT2D eigenvalue weighted by atomic mass is 16.5. The van der Waals surface area contributed by atoms with E-state index in [0.29, 0.717) is 29.7 Å². The predicted octanol–water partition coefficient (Wildman–Crippen LogP) is 2.83. The van der Waals surface area contributed by atoms with Gasteiger partial charge < -0.3 is 15.8 Å². The fourth-order valence-corrected chi connectivity index (χ4v) is 1.77. The van der Waals surface area contributed by atoms with Gasteiger partial charge in [-0.05, 0) is 26.3 Å². The molecule has 0 aliphatic rings. The number of aromatic nitrogens is 1. The van der Waals surface area contributed by atoms with Crippen LogP contribution in [0.15, 0.2) is 12.3 Å². The van der Waals surface area contributed by atoms with Crippen LogP contribution < -0.4 is 11.1 Å². The van der Waals surface area contributed by atoms with E-state index in [1.54, 1.807) is 13.0 Å². The molecule has 0 saturated carbocycles. The van der Waals surface area contributed by atoms with Gasteiger partial charge in [-0.1, -0.05) is 19.8 Å².